The van der Waals surface area contributed by atoms with Gasteiger partial charge in [0.05, 0.1) is 10.7 Å². The van der Waals surface area contributed by atoms with Crippen molar-refractivity contribution in [1.82, 2.24) is 9.97 Å². The summed E-state index contributed by atoms with van der Waals surface area (Å²) in [6, 6.07) is 7.73. The molecule has 1 aliphatic rings. The van der Waals surface area contributed by atoms with Gasteiger partial charge in [0, 0.05) is 17.8 Å². The van der Waals surface area contributed by atoms with Gasteiger partial charge in [0.15, 0.2) is 0 Å². The third kappa shape index (κ3) is 2.47. The quantitative estimate of drug-likeness (QED) is 0.860. The third-order valence-corrected chi connectivity index (χ3v) is 3.30. The second-order valence-corrected chi connectivity index (χ2v) is 4.94. The van der Waals surface area contributed by atoms with Crippen molar-refractivity contribution in [2.45, 2.75) is 18.8 Å². The Morgan fingerprint density at radius 1 is 1.18 bits per heavy atom. The first-order valence-corrected chi connectivity index (χ1v) is 6.36. The van der Waals surface area contributed by atoms with Crippen molar-refractivity contribution >= 4 is 15.9 Å². The van der Waals surface area contributed by atoms with Crippen LogP contribution in [0.1, 0.15) is 24.5 Å². The van der Waals surface area contributed by atoms with Gasteiger partial charge in [0.1, 0.15) is 5.75 Å². The van der Waals surface area contributed by atoms with Crippen LogP contribution in [0.5, 0.6) is 11.6 Å². The van der Waals surface area contributed by atoms with E-state index in [9.17, 15) is 0 Å². The molecule has 1 fully saturated rings. The van der Waals surface area contributed by atoms with Crippen LogP contribution in [0.4, 0.5) is 0 Å². The maximum atomic E-state index is 5.64. The predicted molar refractivity (Wildman–Crippen MR) is 68.2 cm³/mol. The summed E-state index contributed by atoms with van der Waals surface area (Å²) in [4.78, 5) is 8.55. The fourth-order valence-corrected chi connectivity index (χ4v) is 1.97. The largest absolute Gasteiger partial charge is 0.436 e. The van der Waals surface area contributed by atoms with Crippen LogP contribution in [0.2, 0.25) is 0 Å². The van der Waals surface area contributed by atoms with E-state index >= 15 is 0 Å². The van der Waals surface area contributed by atoms with Crippen molar-refractivity contribution in [1.29, 1.82) is 0 Å². The topological polar surface area (TPSA) is 35.0 Å². The zero-order valence-electron chi connectivity index (χ0n) is 9.14. The van der Waals surface area contributed by atoms with E-state index in [1.54, 1.807) is 12.4 Å². The van der Waals surface area contributed by atoms with E-state index in [0.717, 1.165) is 10.2 Å². The molecule has 2 aromatic heterocycles. The Morgan fingerprint density at radius 2 is 2.06 bits per heavy atom. The fraction of sp³-hybridized carbons (Fsp3) is 0.231. The van der Waals surface area contributed by atoms with Gasteiger partial charge in [-0.3, -0.25) is 4.98 Å². The van der Waals surface area contributed by atoms with Crippen molar-refractivity contribution < 1.29 is 4.74 Å². The molecule has 3 rings (SSSR count). The molecule has 0 atom stereocenters. The molecule has 3 nitrogen and oxygen atoms in total. The van der Waals surface area contributed by atoms with Gasteiger partial charge in [-0.2, -0.15) is 0 Å². The number of hydrogen-bond donors (Lipinski definition) is 0. The molecule has 0 aromatic carbocycles. The van der Waals surface area contributed by atoms with Crippen molar-refractivity contribution in [2.24, 2.45) is 0 Å². The Labute approximate surface area is 108 Å². The van der Waals surface area contributed by atoms with E-state index in [1.165, 1.54) is 12.8 Å². The molecule has 17 heavy (non-hydrogen) atoms. The van der Waals surface area contributed by atoms with Crippen LogP contribution < -0.4 is 4.74 Å². The standard InChI is InChI=1S/C13H11BrN2O/c14-11-2-1-7-15-13(11)17-10-5-6-12(16-8-10)9-3-4-9/h1-2,5-9H,3-4H2. The minimum Gasteiger partial charge on any atom is -0.436 e. The molecule has 4 heteroatoms. The Morgan fingerprint density at radius 3 is 2.71 bits per heavy atom. The zero-order valence-corrected chi connectivity index (χ0v) is 10.7. The summed E-state index contributed by atoms with van der Waals surface area (Å²) in [5.74, 6) is 1.95. The average molecular weight is 291 g/mol. The number of hydrogen-bond acceptors (Lipinski definition) is 3. The highest BCUT2D eigenvalue weighted by molar-refractivity contribution is 9.10. The number of aromatic nitrogens is 2. The smallest absolute Gasteiger partial charge is 0.233 e. The van der Waals surface area contributed by atoms with Gasteiger partial charge in [-0.1, -0.05) is 0 Å². The first kappa shape index (κ1) is 10.7. The summed E-state index contributed by atoms with van der Waals surface area (Å²) >= 11 is 3.39. The molecule has 86 valence electrons. The van der Waals surface area contributed by atoms with Crippen molar-refractivity contribution in [3.63, 3.8) is 0 Å². The molecule has 0 bridgehead atoms. The van der Waals surface area contributed by atoms with Crippen molar-refractivity contribution in [2.75, 3.05) is 0 Å². The normalized spacial score (nSPS) is 14.6. The fourth-order valence-electron chi connectivity index (χ4n) is 1.63. The average Bonchev–Trinajstić information content (AvgIpc) is 3.17. The van der Waals surface area contributed by atoms with Crippen LogP contribution >= 0.6 is 15.9 Å². The lowest BCUT2D eigenvalue weighted by molar-refractivity contribution is 0.457. The highest BCUT2D eigenvalue weighted by Gasteiger charge is 2.24. The van der Waals surface area contributed by atoms with E-state index < -0.39 is 0 Å². The van der Waals surface area contributed by atoms with Crippen LogP contribution in [-0.2, 0) is 0 Å². The molecule has 1 aliphatic carbocycles. The van der Waals surface area contributed by atoms with Gasteiger partial charge in [0.2, 0.25) is 5.88 Å². The molecular formula is C13H11BrN2O. The molecule has 0 N–H and O–H groups in total. The van der Waals surface area contributed by atoms with Gasteiger partial charge in [0.25, 0.3) is 0 Å². The minimum absolute atomic E-state index is 0.563. The van der Waals surface area contributed by atoms with Gasteiger partial charge >= 0.3 is 0 Å². The molecule has 2 aromatic rings. The lowest BCUT2D eigenvalue weighted by Gasteiger charge is -2.06. The summed E-state index contributed by atoms with van der Waals surface area (Å²) in [6.07, 6.45) is 5.98. The summed E-state index contributed by atoms with van der Waals surface area (Å²) in [5.41, 5.74) is 1.16. The summed E-state index contributed by atoms with van der Waals surface area (Å²) in [6.45, 7) is 0. The van der Waals surface area contributed by atoms with Gasteiger partial charge in [-0.15, -0.1) is 0 Å². The van der Waals surface area contributed by atoms with E-state index in [0.29, 0.717) is 17.5 Å². The predicted octanol–water partition coefficient (Wildman–Crippen LogP) is 3.91. The van der Waals surface area contributed by atoms with Gasteiger partial charge in [-0.25, -0.2) is 4.98 Å². The van der Waals surface area contributed by atoms with Crippen molar-refractivity contribution in [3.8, 4) is 11.6 Å². The van der Waals surface area contributed by atoms with E-state index in [1.807, 2.05) is 24.3 Å². The van der Waals surface area contributed by atoms with Gasteiger partial charge < -0.3 is 4.74 Å². The van der Waals surface area contributed by atoms with Crippen LogP contribution in [0.15, 0.2) is 41.1 Å². The van der Waals surface area contributed by atoms with Crippen LogP contribution in [0, 0.1) is 0 Å². The Balaban J connectivity index is 1.78. The minimum atomic E-state index is 0.563. The van der Waals surface area contributed by atoms with Crippen LogP contribution in [0.25, 0.3) is 0 Å². The lowest BCUT2D eigenvalue weighted by atomic mass is 10.2. The lowest BCUT2D eigenvalue weighted by Crippen LogP contribution is -1.91. The molecule has 0 spiro atoms. The Kier molecular flexibility index (Phi) is 2.81. The van der Waals surface area contributed by atoms with Gasteiger partial charge in [-0.05, 0) is 53.0 Å². The number of nitrogens with zero attached hydrogens (tertiary/aromatic N) is 2. The van der Waals surface area contributed by atoms with Crippen molar-refractivity contribution in [3.05, 3.63) is 46.8 Å². The highest BCUT2D eigenvalue weighted by Crippen LogP contribution is 2.39. The molecule has 0 aliphatic heterocycles. The SMILES string of the molecule is Brc1cccnc1Oc1ccc(C2CC2)nc1. The van der Waals surface area contributed by atoms with E-state index in [-0.39, 0.29) is 0 Å². The number of rotatable bonds is 3. The summed E-state index contributed by atoms with van der Waals surface area (Å²) in [5, 5.41) is 0. The first-order chi connectivity index (χ1) is 8.33. The molecule has 0 unspecified atom stereocenters. The Bertz CT molecular complexity index is 523. The number of ether oxygens (including phenoxy) is 1. The number of halogens is 1. The van der Waals surface area contributed by atoms with Crippen LogP contribution in [-0.4, -0.2) is 9.97 Å². The number of pyridine rings is 2. The Hall–Kier alpha value is -1.42. The third-order valence-electron chi connectivity index (χ3n) is 2.69. The molecule has 1 saturated carbocycles. The monoisotopic (exact) mass is 290 g/mol. The van der Waals surface area contributed by atoms with E-state index in [4.69, 9.17) is 4.74 Å². The molecular weight excluding hydrogens is 280 g/mol. The molecule has 0 radical (unpaired) electrons. The van der Waals surface area contributed by atoms with E-state index in [2.05, 4.69) is 25.9 Å². The summed E-state index contributed by atoms with van der Waals surface area (Å²) < 4.78 is 6.48. The summed E-state index contributed by atoms with van der Waals surface area (Å²) in [7, 11) is 0. The molecule has 2 heterocycles. The second kappa shape index (κ2) is 4.45. The molecule has 0 amide bonds. The van der Waals surface area contributed by atoms with Crippen LogP contribution in [0.3, 0.4) is 0 Å². The zero-order chi connectivity index (χ0) is 11.7. The molecule has 0 saturated heterocycles. The maximum Gasteiger partial charge on any atom is 0.233 e. The maximum absolute atomic E-state index is 5.64. The first-order valence-electron chi connectivity index (χ1n) is 5.57. The highest BCUT2D eigenvalue weighted by atomic mass is 79.9. The second-order valence-electron chi connectivity index (χ2n) is 4.09.